The van der Waals surface area contributed by atoms with Crippen LogP contribution in [0.25, 0.3) is 0 Å². The molecule has 0 unspecified atom stereocenters. The fraction of sp³-hybridized carbons (Fsp3) is 0. The first-order valence-corrected chi connectivity index (χ1v) is 7.98. The van der Waals surface area contributed by atoms with Crippen LogP contribution >= 0.6 is 27.5 Å². The molecule has 0 radical (unpaired) electrons. The van der Waals surface area contributed by atoms with E-state index >= 15 is 0 Å². The van der Waals surface area contributed by atoms with Gasteiger partial charge < -0.3 is 0 Å². The number of hydrogen-bond donors (Lipinski definition) is 1. The zero-order chi connectivity index (χ0) is 15.8. The van der Waals surface area contributed by atoms with Gasteiger partial charge in [-0.25, -0.2) is 21.6 Å². The van der Waals surface area contributed by atoms with Crippen LogP contribution in [0.15, 0.2) is 39.7 Å². The van der Waals surface area contributed by atoms with Crippen molar-refractivity contribution in [2.45, 2.75) is 4.90 Å². The van der Waals surface area contributed by atoms with Crippen molar-refractivity contribution in [1.29, 1.82) is 0 Å². The van der Waals surface area contributed by atoms with Crippen molar-refractivity contribution in [2.75, 3.05) is 4.72 Å². The fourth-order valence-corrected chi connectivity index (χ4v) is 3.96. The third-order valence-electron chi connectivity index (χ3n) is 2.43. The van der Waals surface area contributed by atoms with E-state index in [1.165, 1.54) is 0 Å². The van der Waals surface area contributed by atoms with Crippen LogP contribution in [0.3, 0.4) is 0 Å². The molecule has 3 nitrogen and oxygen atoms in total. The van der Waals surface area contributed by atoms with Crippen LogP contribution in [-0.4, -0.2) is 8.42 Å². The number of benzene rings is 2. The smallest absolute Gasteiger partial charge is 0.263 e. The first kappa shape index (κ1) is 16.1. The van der Waals surface area contributed by atoms with Crippen molar-refractivity contribution >= 4 is 43.2 Å². The minimum atomic E-state index is -4.23. The molecule has 0 spiro atoms. The molecule has 21 heavy (non-hydrogen) atoms. The summed E-state index contributed by atoms with van der Waals surface area (Å²) in [5, 5.41) is -0.436. The molecule has 0 saturated carbocycles. The van der Waals surface area contributed by atoms with Crippen molar-refractivity contribution in [1.82, 2.24) is 0 Å². The maximum Gasteiger partial charge on any atom is 0.263 e. The minimum absolute atomic E-state index is 0.0476. The van der Waals surface area contributed by atoms with Gasteiger partial charge in [0.05, 0.1) is 5.02 Å². The SMILES string of the molecule is O=S(=O)(Nc1c(F)cc(F)cc1Cl)c1ccc(F)cc1Br. The standard InChI is InChI=1S/C12H6BrClF3NO2S/c13-8-3-6(15)1-2-11(8)21(19,20)18-12-9(14)4-7(16)5-10(12)17/h1-5,18H. The Morgan fingerprint density at radius 2 is 1.71 bits per heavy atom. The van der Waals surface area contributed by atoms with Gasteiger partial charge in [0.1, 0.15) is 22.2 Å². The molecule has 0 amide bonds. The normalized spacial score (nSPS) is 11.5. The highest BCUT2D eigenvalue weighted by molar-refractivity contribution is 9.10. The molecule has 0 aliphatic carbocycles. The van der Waals surface area contributed by atoms with E-state index in [1.807, 2.05) is 4.72 Å². The Kier molecular flexibility index (Phi) is 4.50. The van der Waals surface area contributed by atoms with Gasteiger partial charge in [-0.3, -0.25) is 4.72 Å². The first-order chi connectivity index (χ1) is 9.70. The molecule has 0 bridgehead atoms. The summed E-state index contributed by atoms with van der Waals surface area (Å²) in [5.41, 5.74) is -0.589. The van der Waals surface area contributed by atoms with Crippen molar-refractivity contribution in [2.24, 2.45) is 0 Å². The molecule has 0 aromatic heterocycles. The molecular weight excluding hydrogens is 395 g/mol. The molecule has 2 rings (SSSR count). The largest absolute Gasteiger partial charge is 0.275 e. The molecule has 0 fully saturated rings. The molecule has 0 aliphatic heterocycles. The lowest BCUT2D eigenvalue weighted by Crippen LogP contribution is -2.15. The van der Waals surface area contributed by atoms with Gasteiger partial charge in [0, 0.05) is 10.5 Å². The molecule has 2 aromatic rings. The van der Waals surface area contributed by atoms with E-state index in [4.69, 9.17) is 11.6 Å². The molecule has 9 heteroatoms. The van der Waals surface area contributed by atoms with Crippen LogP contribution in [0.5, 0.6) is 0 Å². The second kappa shape index (κ2) is 5.86. The Morgan fingerprint density at radius 3 is 2.29 bits per heavy atom. The predicted molar refractivity (Wildman–Crippen MR) is 76.3 cm³/mol. The van der Waals surface area contributed by atoms with Gasteiger partial charge in [0.25, 0.3) is 10.0 Å². The van der Waals surface area contributed by atoms with E-state index in [-0.39, 0.29) is 9.37 Å². The molecule has 112 valence electrons. The fourth-order valence-electron chi connectivity index (χ4n) is 1.52. The summed E-state index contributed by atoms with van der Waals surface area (Å²) in [6.45, 7) is 0. The number of sulfonamides is 1. The summed E-state index contributed by atoms with van der Waals surface area (Å²) >= 11 is 8.51. The second-order valence-electron chi connectivity index (χ2n) is 3.92. The maximum atomic E-state index is 13.6. The first-order valence-electron chi connectivity index (χ1n) is 5.33. The average molecular weight is 401 g/mol. The summed E-state index contributed by atoms with van der Waals surface area (Å²) in [4.78, 5) is -0.316. The number of nitrogens with one attached hydrogen (secondary N) is 1. The Morgan fingerprint density at radius 1 is 1.05 bits per heavy atom. The van der Waals surface area contributed by atoms with Crippen LogP contribution in [-0.2, 0) is 10.0 Å². The highest BCUT2D eigenvalue weighted by atomic mass is 79.9. The van der Waals surface area contributed by atoms with E-state index < -0.39 is 38.2 Å². The van der Waals surface area contributed by atoms with Gasteiger partial charge in [-0.05, 0) is 40.2 Å². The van der Waals surface area contributed by atoms with E-state index in [2.05, 4.69) is 15.9 Å². The lowest BCUT2D eigenvalue weighted by molar-refractivity contribution is 0.582. The van der Waals surface area contributed by atoms with Gasteiger partial charge in [-0.2, -0.15) is 0 Å². The summed E-state index contributed by atoms with van der Waals surface area (Å²) < 4.78 is 65.6. The third-order valence-corrected chi connectivity index (χ3v) is 5.05. The zero-order valence-electron chi connectivity index (χ0n) is 10.0. The highest BCUT2D eigenvalue weighted by Crippen LogP contribution is 2.30. The topological polar surface area (TPSA) is 46.2 Å². The quantitative estimate of drug-likeness (QED) is 0.834. The van der Waals surface area contributed by atoms with Gasteiger partial charge in [-0.1, -0.05) is 11.6 Å². The predicted octanol–water partition coefficient (Wildman–Crippen LogP) is 4.32. The van der Waals surface area contributed by atoms with Gasteiger partial charge in [-0.15, -0.1) is 0 Å². The Hall–Kier alpha value is -1.25. The molecule has 0 aliphatic rings. The van der Waals surface area contributed by atoms with Crippen LogP contribution < -0.4 is 4.72 Å². The van der Waals surface area contributed by atoms with E-state index in [9.17, 15) is 21.6 Å². The lowest BCUT2D eigenvalue weighted by atomic mass is 10.3. The van der Waals surface area contributed by atoms with E-state index in [0.717, 1.165) is 24.3 Å². The number of rotatable bonds is 3. The Balaban J connectivity index is 2.47. The number of halogens is 5. The average Bonchev–Trinajstić information content (AvgIpc) is 2.33. The van der Waals surface area contributed by atoms with Crippen molar-refractivity contribution in [3.8, 4) is 0 Å². The Bertz CT molecular complexity index is 791. The third kappa shape index (κ3) is 3.50. The van der Waals surface area contributed by atoms with Crippen LogP contribution in [0, 0.1) is 17.5 Å². The van der Waals surface area contributed by atoms with Crippen molar-refractivity contribution in [3.05, 3.63) is 57.3 Å². The zero-order valence-corrected chi connectivity index (χ0v) is 13.2. The number of anilines is 1. The monoisotopic (exact) mass is 399 g/mol. The van der Waals surface area contributed by atoms with Crippen molar-refractivity contribution < 1.29 is 21.6 Å². The van der Waals surface area contributed by atoms with Crippen LogP contribution in [0.2, 0.25) is 5.02 Å². The molecule has 0 saturated heterocycles. The number of hydrogen-bond acceptors (Lipinski definition) is 2. The highest BCUT2D eigenvalue weighted by Gasteiger charge is 2.22. The van der Waals surface area contributed by atoms with Crippen LogP contribution in [0.4, 0.5) is 18.9 Å². The summed E-state index contributed by atoms with van der Waals surface area (Å²) in [6.07, 6.45) is 0. The lowest BCUT2D eigenvalue weighted by Gasteiger charge is -2.12. The molecule has 2 aromatic carbocycles. The second-order valence-corrected chi connectivity index (χ2v) is 6.84. The van der Waals surface area contributed by atoms with Crippen LogP contribution in [0.1, 0.15) is 0 Å². The summed E-state index contributed by atoms with van der Waals surface area (Å²) in [5.74, 6) is -2.75. The molecule has 0 heterocycles. The van der Waals surface area contributed by atoms with Gasteiger partial charge >= 0.3 is 0 Å². The van der Waals surface area contributed by atoms with E-state index in [1.54, 1.807) is 0 Å². The maximum absolute atomic E-state index is 13.6. The van der Waals surface area contributed by atoms with E-state index in [0.29, 0.717) is 6.07 Å². The molecule has 1 N–H and O–H groups in total. The Labute approximate surface area is 131 Å². The molecular formula is C12H6BrClF3NO2S. The summed E-state index contributed by atoms with van der Waals surface area (Å²) in [6, 6.07) is 4.13. The minimum Gasteiger partial charge on any atom is -0.275 e. The van der Waals surface area contributed by atoms with Crippen molar-refractivity contribution in [3.63, 3.8) is 0 Å². The summed E-state index contributed by atoms with van der Waals surface area (Å²) in [7, 11) is -4.23. The van der Waals surface area contributed by atoms with Gasteiger partial charge in [0.2, 0.25) is 0 Å². The molecule has 0 atom stereocenters. The van der Waals surface area contributed by atoms with Gasteiger partial charge in [0.15, 0.2) is 5.82 Å².